The van der Waals surface area contributed by atoms with Gasteiger partial charge in [-0.05, 0) is 21.1 Å². The fourth-order valence-electron chi connectivity index (χ4n) is 2.41. The van der Waals surface area contributed by atoms with Crippen molar-refractivity contribution in [2.75, 3.05) is 6.61 Å². The number of nitrogens with one attached hydrogen (secondary N) is 1. The summed E-state index contributed by atoms with van der Waals surface area (Å²) in [4.78, 5) is 56.7. The van der Waals surface area contributed by atoms with Gasteiger partial charge in [-0.25, -0.2) is 0 Å². The molecule has 0 aromatic carbocycles. The normalized spacial score (nSPS) is 28.6. The predicted octanol–water partition coefficient (Wildman–Crippen LogP) is 0.132. The molecule has 0 aliphatic carbocycles. The second-order valence-corrected chi connectivity index (χ2v) is 6.62. The first kappa shape index (κ1) is 22.0. The van der Waals surface area contributed by atoms with Crippen LogP contribution in [0.4, 0.5) is 0 Å². The molecule has 0 aromatic rings. The standard InChI is InChI=1S/C14H19BrN2O9/c1-6(18)16-13-12(25-9(4)21)11(26-14(13,15)17-22)10(24-8(3)20)5-23-7(2)19/h10-13H,5H2,1-4H3,(H,16,18)/t10-,11+,12-,13+,14-/m0/s1. The van der Waals surface area contributed by atoms with Crippen LogP contribution < -0.4 is 5.32 Å². The van der Waals surface area contributed by atoms with E-state index in [1.54, 1.807) is 0 Å². The number of hydrogen-bond donors (Lipinski definition) is 1. The van der Waals surface area contributed by atoms with Gasteiger partial charge in [0.1, 0.15) is 18.8 Å². The van der Waals surface area contributed by atoms with E-state index in [1.165, 1.54) is 6.92 Å². The Hall–Kier alpha value is -2.08. The molecule has 146 valence electrons. The van der Waals surface area contributed by atoms with E-state index in [1.807, 2.05) is 0 Å². The van der Waals surface area contributed by atoms with Crippen LogP contribution in [-0.2, 0) is 38.1 Å². The number of carbonyl (C=O) groups is 4. The van der Waals surface area contributed by atoms with Crippen molar-refractivity contribution in [3.63, 3.8) is 0 Å². The Morgan fingerprint density at radius 2 is 1.77 bits per heavy atom. The summed E-state index contributed by atoms with van der Waals surface area (Å²) in [6.45, 7) is 4.12. The number of esters is 3. The molecule has 1 amide bonds. The van der Waals surface area contributed by atoms with Crippen molar-refractivity contribution in [1.29, 1.82) is 0 Å². The molecule has 11 nitrogen and oxygen atoms in total. The first-order valence-corrected chi connectivity index (χ1v) is 8.25. The molecule has 1 aliphatic heterocycles. The smallest absolute Gasteiger partial charge is 0.303 e. The first-order chi connectivity index (χ1) is 12.0. The summed E-state index contributed by atoms with van der Waals surface area (Å²) in [5, 5.41) is 5.22. The maximum absolute atomic E-state index is 11.5. The summed E-state index contributed by atoms with van der Waals surface area (Å²) >= 11 is 2.97. The predicted molar refractivity (Wildman–Crippen MR) is 87.7 cm³/mol. The number of carbonyl (C=O) groups excluding carboxylic acids is 4. The molecule has 0 saturated carbocycles. The zero-order valence-corrected chi connectivity index (χ0v) is 16.1. The number of rotatable bonds is 7. The topological polar surface area (TPSA) is 147 Å². The zero-order chi connectivity index (χ0) is 20.1. The van der Waals surface area contributed by atoms with Gasteiger partial charge in [0.2, 0.25) is 5.91 Å². The molecule has 0 spiro atoms. The van der Waals surface area contributed by atoms with E-state index < -0.39 is 59.4 Å². The molecule has 1 fully saturated rings. The molecule has 0 aromatic heterocycles. The number of ether oxygens (including phenoxy) is 4. The Morgan fingerprint density at radius 1 is 1.15 bits per heavy atom. The van der Waals surface area contributed by atoms with Gasteiger partial charge in [0.05, 0.1) is 0 Å². The Labute approximate surface area is 157 Å². The van der Waals surface area contributed by atoms with Gasteiger partial charge in [0, 0.05) is 27.7 Å². The number of amides is 1. The maximum atomic E-state index is 11.5. The Bertz CT molecular complexity index is 599. The van der Waals surface area contributed by atoms with Crippen LogP contribution in [0.2, 0.25) is 0 Å². The molecule has 1 N–H and O–H groups in total. The molecule has 0 radical (unpaired) electrons. The van der Waals surface area contributed by atoms with Crippen molar-refractivity contribution in [1.82, 2.24) is 5.32 Å². The lowest BCUT2D eigenvalue weighted by atomic mass is 10.0. The number of hydrogen-bond acceptors (Lipinski definition) is 10. The van der Waals surface area contributed by atoms with Gasteiger partial charge >= 0.3 is 17.9 Å². The average Bonchev–Trinajstić information content (AvgIpc) is 2.76. The molecular formula is C14H19BrN2O9. The number of nitrogens with zero attached hydrogens (tertiary/aromatic N) is 1. The van der Waals surface area contributed by atoms with Gasteiger partial charge in [-0.2, -0.15) is 0 Å². The molecule has 1 heterocycles. The molecule has 1 aliphatic rings. The van der Waals surface area contributed by atoms with Gasteiger partial charge in [-0.1, -0.05) is 0 Å². The quantitative estimate of drug-likeness (QED) is 0.192. The van der Waals surface area contributed by atoms with Crippen molar-refractivity contribution in [2.45, 2.75) is 56.7 Å². The number of halogens is 1. The first-order valence-electron chi connectivity index (χ1n) is 7.46. The second kappa shape index (κ2) is 9.03. The van der Waals surface area contributed by atoms with Gasteiger partial charge in [-0.3, -0.25) is 19.2 Å². The Balaban J connectivity index is 3.25. The fraction of sp³-hybridized carbons (Fsp3) is 0.714. The third kappa shape index (κ3) is 5.73. The Morgan fingerprint density at radius 3 is 2.19 bits per heavy atom. The van der Waals surface area contributed by atoms with Crippen molar-refractivity contribution in [2.24, 2.45) is 5.18 Å². The van der Waals surface area contributed by atoms with Gasteiger partial charge in [0.15, 0.2) is 12.2 Å². The molecule has 1 rings (SSSR count). The summed E-state index contributed by atoms with van der Waals surface area (Å²) in [6.07, 6.45) is -3.73. The minimum Gasteiger partial charge on any atom is -0.462 e. The highest BCUT2D eigenvalue weighted by Crippen LogP contribution is 2.41. The summed E-state index contributed by atoms with van der Waals surface area (Å²) in [5.41, 5.74) is 0. The molecule has 1 saturated heterocycles. The van der Waals surface area contributed by atoms with E-state index >= 15 is 0 Å². The lowest BCUT2D eigenvalue weighted by molar-refractivity contribution is -0.175. The van der Waals surface area contributed by atoms with Crippen molar-refractivity contribution in [3.8, 4) is 0 Å². The van der Waals surface area contributed by atoms with Crippen LogP contribution in [0.5, 0.6) is 0 Å². The molecule has 5 atom stereocenters. The van der Waals surface area contributed by atoms with Crippen LogP contribution in [0.25, 0.3) is 0 Å². The minimum absolute atomic E-state index is 0.425. The van der Waals surface area contributed by atoms with E-state index in [4.69, 9.17) is 18.9 Å². The Kier molecular flexibility index (Phi) is 7.63. The number of alkyl halides is 1. The van der Waals surface area contributed by atoms with Crippen LogP contribution >= 0.6 is 15.9 Å². The summed E-state index contributed by atoms with van der Waals surface area (Å²) in [6, 6.07) is -1.22. The van der Waals surface area contributed by atoms with Crippen molar-refractivity contribution >= 4 is 39.7 Å². The molecule has 26 heavy (non-hydrogen) atoms. The highest BCUT2D eigenvalue weighted by molar-refractivity contribution is 9.10. The van der Waals surface area contributed by atoms with Crippen molar-refractivity contribution < 1.29 is 38.1 Å². The van der Waals surface area contributed by atoms with Crippen LogP contribution in [-0.4, -0.2) is 59.4 Å². The van der Waals surface area contributed by atoms with Gasteiger partial charge < -0.3 is 24.3 Å². The number of nitroso groups, excluding NO2 is 1. The van der Waals surface area contributed by atoms with E-state index in [0.717, 1.165) is 20.8 Å². The van der Waals surface area contributed by atoms with Crippen LogP contribution in [0, 0.1) is 4.91 Å². The second-order valence-electron chi connectivity index (χ2n) is 5.49. The third-order valence-corrected chi connectivity index (χ3v) is 4.08. The molecule has 0 bridgehead atoms. The summed E-state index contributed by atoms with van der Waals surface area (Å²) in [7, 11) is 0. The van der Waals surface area contributed by atoms with Crippen LogP contribution in [0.3, 0.4) is 0 Å². The average molecular weight is 439 g/mol. The lowest BCUT2D eigenvalue weighted by Crippen LogP contribution is -2.53. The highest BCUT2D eigenvalue weighted by atomic mass is 79.9. The van der Waals surface area contributed by atoms with Crippen LogP contribution in [0.15, 0.2) is 5.18 Å². The van der Waals surface area contributed by atoms with E-state index in [9.17, 15) is 24.1 Å². The minimum atomic E-state index is -1.99. The lowest BCUT2D eigenvalue weighted by Gasteiger charge is -2.27. The fourth-order valence-corrected chi connectivity index (χ4v) is 3.01. The SMILES string of the molecule is CC(=O)N[C@@H]1[C@@H](OC(C)=O)[C@@H]([C@H](COC(C)=O)OC(C)=O)O[C@@]1(Br)N=O. The largest absolute Gasteiger partial charge is 0.462 e. The van der Waals surface area contributed by atoms with E-state index in [0.29, 0.717) is 0 Å². The summed E-state index contributed by atoms with van der Waals surface area (Å²) < 4.78 is 18.6. The molecular weight excluding hydrogens is 420 g/mol. The third-order valence-electron chi connectivity index (χ3n) is 3.26. The monoisotopic (exact) mass is 438 g/mol. The zero-order valence-electron chi connectivity index (χ0n) is 14.5. The summed E-state index contributed by atoms with van der Waals surface area (Å²) in [5.74, 6) is -2.67. The highest BCUT2D eigenvalue weighted by Gasteiger charge is 2.60. The van der Waals surface area contributed by atoms with Crippen molar-refractivity contribution in [3.05, 3.63) is 4.91 Å². The molecule has 12 heteroatoms. The van der Waals surface area contributed by atoms with Gasteiger partial charge in [0.25, 0.3) is 4.63 Å². The molecule has 0 unspecified atom stereocenters. The van der Waals surface area contributed by atoms with E-state index in [2.05, 4.69) is 26.4 Å². The van der Waals surface area contributed by atoms with E-state index in [-0.39, 0.29) is 0 Å². The van der Waals surface area contributed by atoms with Crippen LogP contribution in [0.1, 0.15) is 27.7 Å². The van der Waals surface area contributed by atoms with Gasteiger partial charge in [-0.15, -0.1) is 4.91 Å². The maximum Gasteiger partial charge on any atom is 0.303 e.